The molecule has 3 N–H and O–H groups in total. The van der Waals surface area contributed by atoms with E-state index in [1.807, 2.05) is 5.32 Å². The lowest BCUT2D eigenvalue weighted by Gasteiger charge is -2.27. The molecule has 68 valence electrons. The first-order valence-electron chi connectivity index (χ1n) is 3.21. The van der Waals surface area contributed by atoms with Crippen LogP contribution in [-0.2, 0) is 0 Å². The summed E-state index contributed by atoms with van der Waals surface area (Å²) in [6.07, 6.45) is -2.51. The summed E-state index contributed by atoms with van der Waals surface area (Å²) in [6.45, 7) is 1.35. The summed E-state index contributed by atoms with van der Waals surface area (Å²) in [5.41, 5.74) is 4.44. The van der Waals surface area contributed by atoms with E-state index in [4.69, 9.17) is 5.73 Å². The molecule has 0 aromatic rings. The second-order valence-electron chi connectivity index (χ2n) is 2.63. The van der Waals surface area contributed by atoms with Crippen LogP contribution in [0.2, 0.25) is 0 Å². The Bertz CT molecular complexity index is 239. The fourth-order valence-corrected chi connectivity index (χ4v) is 0.779. The minimum Gasteiger partial charge on any atom is -0.345 e. The van der Waals surface area contributed by atoms with Crippen LogP contribution in [0.25, 0.3) is 0 Å². The lowest BCUT2D eigenvalue weighted by Crippen LogP contribution is -2.52. The van der Waals surface area contributed by atoms with Crippen LogP contribution in [0.1, 0.15) is 6.92 Å². The van der Waals surface area contributed by atoms with Crippen molar-refractivity contribution in [3.8, 4) is 0 Å². The third kappa shape index (κ3) is 1.97. The van der Waals surface area contributed by atoms with Gasteiger partial charge in [-0.3, -0.25) is 10.7 Å². The number of allylic oxidation sites excluding steroid dienone is 2. The Labute approximate surface area is 67.2 Å². The number of halogens is 3. The number of nitrogens with one attached hydrogen (secondary N) is 1. The zero-order valence-corrected chi connectivity index (χ0v) is 6.31. The van der Waals surface area contributed by atoms with Gasteiger partial charge in [-0.05, 0) is 13.0 Å². The van der Waals surface area contributed by atoms with Gasteiger partial charge in [-0.15, -0.1) is 0 Å². The van der Waals surface area contributed by atoms with E-state index in [1.165, 1.54) is 6.92 Å². The highest BCUT2D eigenvalue weighted by Crippen LogP contribution is 2.25. The van der Waals surface area contributed by atoms with Crippen molar-refractivity contribution in [2.45, 2.75) is 18.9 Å². The van der Waals surface area contributed by atoms with E-state index in [-0.39, 0.29) is 0 Å². The highest BCUT2D eigenvalue weighted by Gasteiger charge is 2.37. The number of aliphatic imine (C=N–C) groups is 1. The van der Waals surface area contributed by atoms with Crippen LogP contribution < -0.4 is 11.1 Å². The molecule has 0 saturated carbocycles. The quantitative estimate of drug-likeness (QED) is 0.576. The van der Waals surface area contributed by atoms with Gasteiger partial charge in [0.1, 0.15) is 5.70 Å². The third-order valence-electron chi connectivity index (χ3n) is 1.28. The zero-order valence-electron chi connectivity index (χ0n) is 6.31. The average molecular weight is 179 g/mol. The van der Waals surface area contributed by atoms with Crippen LogP contribution in [0.5, 0.6) is 0 Å². The minimum absolute atomic E-state index is 0.842. The minimum atomic E-state index is -4.40. The second kappa shape index (κ2) is 2.48. The van der Waals surface area contributed by atoms with Gasteiger partial charge in [0, 0.05) is 6.21 Å². The van der Waals surface area contributed by atoms with Gasteiger partial charge in [-0.25, -0.2) is 0 Å². The Morgan fingerprint density at radius 2 is 2.17 bits per heavy atom. The molecule has 1 heterocycles. The van der Waals surface area contributed by atoms with Gasteiger partial charge in [0.2, 0.25) is 0 Å². The molecule has 0 amide bonds. The summed E-state index contributed by atoms with van der Waals surface area (Å²) >= 11 is 0. The van der Waals surface area contributed by atoms with Crippen LogP contribution >= 0.6 is 0 Å². The summed E-state index contributed by atoms with van der Waals surface area (Å²) in [5.74, 6) is -1.36. The van der Waals surface area contributed by atoms with Gasteiger partial charge >= 0.3 is 6.18 Å². The van der Waals surface area contributed by atoms with Gasteiger partial charge in [-0.2, -0.15) is 13.2 Å². The summed E-state index contributed by atoms with van der Waals surface area (Å²) in [6, 6.07) is 0. The number of rotatable bonds is 0. The topological polar surface area (TPSA) is 50.4 Å². The van der Waals surface area contributed by atoms with E-state index in [0.717, 1.165) is 12.3 Å². The largest absolute Gasteiger partial charge is 0.431 e. The molecule has 1 aliphatic heterocycles. The molecule has 0 aromatic carbocycles. The van der Waals surface area contributed by atoms with E-state index in [1.54, 1.807) is 0 Å². The van der Waals surface area contributed by atoms with Crippen molar-refractivity contribution in [2.24, 2.45) is 10.7 Å². The summed E-state index contributed by atoms with van der Waals surface area (Å²) in [7, 11) is 0. The van der Waals surface area contributed by atoms with Crippen molar-refractivity contribution in [3.05, 3.63) is 11.8 Å². The van der Waals surface area contributed by atoms with Gasteiger partial charge in [-0.1, -0.05) is 0 Å². The Balaban J connectivity index is 2.84. The standard InChI is InChI=1S/C6H8F3N3/c1-5(10)11-3-2-4(12-5)6(7,8)9/h2-3,12H,10H2,1H3. The fraction of sp³-hybridized carbons (Fsp3) is 0.500. The van der Waals surface area contributed by atoms with Crippen molar-refractivity contribution in [2.75, 3.05) is 0 Å². The Morgan fingerprint density at radius 3 is 2.50 bits per heavy atom. The van der Waals surface area contributed by atoms with Crippen LogP contribution in [0.15, 0.2) is 16.8 Å². The maximum Gasteiger partial charge on any atom is 0.431 e. The lowest BCUT2D eigenvalue weighted by molar-refractivity contribution is -0.0994. The Morgan fingerprint density at radius 1 is 1.58 bits per heavy atom. The molecule has 1 atom stereocenters. The lowest BCUT2D eigenvalue weighted by atomic mass is 10.3. The first-order valence-corrected chi connectivity index (χ1v) is 3.21. The van der Waals surface area contributed by atoms with Crippen LogP contribution in [0.4, 0.5) is 13.2 Å². The summed E-state index contributed by atoms with van der Waals surface area (Å²) in [5, 5.41) is 2.05. The molecule has 6 heteroatoms. The number of nitrogens with zero attached hydrogens (tertiary/aromatic N) is 1. The smallest absolute Gasteiger partial charge is 0.345 e. The van der Waals surface area contributed by atoms with Gasteiger partial charge in [0.25, 0.3) is 0 Å². The Hall–Kier alpha value is -1.04. The molecule has 0 fully saturated rings. The maximum atomic E-state index is 12.0. The zero-order chi connectivity index (χ0) is 9.41. The molecule has 1 unspecified atom stereocenters. The number of alkyl halides is 3. The van der Waals surface area contributed by atoms with Gasteiger partial charge in [0.05, 0.1) is 0 Å². The third-order valence-corrected chi connectivity index (χ3v) is 1.28. The van der Waals surface area contributed by atoms with Crippen molar-refractivity contribution < 1.29 is 13.2 Å². The molecule has 0 saturated heterocycles. The molecule has 0 radical (unpaired) electrons. The van der Waals surface area contributed by atoms with Crippen molar-refractivity contribution >= 4 is 6.21 Å². The van der Waals surface area contributed by atoms with Crippen molar-refractivity contribution in [3.63, 3.8) is 0 Å². The molecule has 3 nitrogen and oxygen atoms in total. The molecule has 12 heavy (non-hydrogen) atoms. The van der Waals surface area contributed by atoms with E-state index in [9.17, 15) is 13.2 Å². The molecule has 1 aliphatic rings. The summed E-state index contributed by atoms with van der Waals surface area (Å²) in [4.78, 5) is 3.59. The molecule has 1 rings (SSSR count). The van der Waals surface area contributed by atoms with Crippen molar-refractivity contribution in [1.29, 1.82) is 0 Å². The SMILES string of the molecule is CC1(N)N=CC=C(C(F)(F)F)N1. The summed E-state index contributed by atoms with van der Waals surface area (Å²) < 4.78 is 36.1. The fourth-order valence-electron chi connectivity index (χ4n) is 0.779. The second-order valence-corrected chi connectivity index (χ2v) is 2.63. The first kappa shape index (κ1) is 9.05. The molecule has 0 aliphatic carbocycles. The molecular weight excluding hydrogens is 171 g/mol. The van der Waals surface area contributed by atoms with E-state index < -0.39 is 17.7 Å². The van der Waals surface area contributed by atoms with E-state index in [2.05, 4.69) is 4.99 Å². The molecule has 0 spiro atoms. The van der Waals surface area contributed by atoms with Crippen LogP contribution in [0.3, 0.4) is 0 Å². The van der Waals surface area contributed by atoms with Gasteiger partial charge in [0.15, 0.2) is 5.79 Å². The number of hydrogen-bond acceptors (Lipinski definition) is 3. The highest BCUT2D eigenvalue weighted by molar-refractivity contribution is 5.74. The Kier molecular flexibility index (Phi) is 1.87. The average Bonchev–Trinajstić information content (AvgIpc) is 1.83. The predicted octanol–water partition coefficient (Wildman–Crippen LogP) is 0.739. The van der Waals surface area contributed by atoms with Crippen LogP contribution in [-0.4, -0.2) is 18.2 Å². The highest BCUT2D eigenvalue weighted by atomic mass is 19.4. The predicted molar refractivity (Wildman–Crippen MR) is 38.4 cm³/mol. The van der Waals surface area contributed by atoms with Crippen molar-refractivity contribution in [1.82, 2.24) is 5.32 Å². The van der Waals surface area contributed by atoms with E-state index in [0.29, 0.717) is 0 Å². The normalized spacial score (nSPS) is 29.6. The molecule has 0 aromatic heterocycles. The van der Waals surface area contributed by atoms with Gasteiger partial charge < -0.3 is 5.32 Å². The molecule has 0 bridgehead atoms. The number of nitrogens with two attached hydrogens (primary N) is 1. The molecular formula is C6H8F3N3. The monoisotopic (exact) mass is 179 g/mol. The number of hydrogen-bond donors (Lipinski definition) is 2. The van der Waals surface area contributed by atoms with Crippen LogP contribution in [0, 0.1) is 0 Å². The maximum absolute atomic E-state index is 12.0. The first-order chi connectivity index (χ1) is 5.31. The van der Waals surface area contributed by atoms with E-state index >= 15 is 0 Å².